The third kappa shape index (κ3) is 4.30. The summed E-state index contributed by atoms with van der Waals surface area (Å²) < 4.78 is 1.92. The maximum atomic E-state index is 12.5. The average Bonchev–Trinajstić information content (AvgIpc) is 3.36. The molecule has 0 radical (unpaired) electrons. The van der Waals surface area contributed by atoms with Crippen LogP contribution in [0.3, 0.4) is 0 Å². The van der Waals surface area contributed by atoms with Crippen LogP contribution in [0.4, 0.5) is 5.69 Å². The molecule has 2 heterocycles. The fraction of sp³-hybridized carbons (Fsp3) is 0.500. The molecule has 26 heavy (non-hydrogen) atoms. The Morgan fingerprint density at radius 1 is 1.12 bits per heavy atom. The molecule has 1 aliphatic heterocycles. The molecule has 1 saturated carbocycles. The molecule has 4 rings (SSSR count). The van der Waals surface area contributed by atoms with E-state index in [-0.39, 0.29) is 5.91 Å². The second-order valence-electron chi connectivity index (χ2n) is 7.18. The van der Waals surface area contributed by atoms with Gasteiger partial charge in [0, 0.05) is 28.6 Å². The number of rotatable bonds is 5. The summed E-state index contributed by atoms with van der Waals surface area (Å²) >= 11 is 1.96. The zero-order valence-corrected chi connectivity index (χ0v) is 15.8. The number of thioether (sulfide) groups is 1. The van der Waals surface area contributed by atoms with Gasteiger partial charge in [-0.1, -0.05) is 12.8 Å². The number of hydrogen-bond donors (Lipinski definition) is 2. The smallest absolute Gasteiger partial charge is 0.276 e. The van der Waals surface area contributed by atoms with E-state index in [1.165, 1.54) is 30.6 Å². The minimum atomic E-state index is -0.149. The number of aromatic nitrogens is 2. The molecule has 6 heteroatoms. The van der Waals surface area contributed by atoms with Gasteiger partial charge in [-0.3, -0.25) is 9.48 Å². The maximum Gasteiger partial charge on any atom is 0.276 e. The fourth-order valence-corrected chi connectivity index (χ4v) is 4.98. The van der Waals surface area contributed by atoms with Gasteiger partial charge in [-0.05, 0) is 62.6 Å². The van der Waals surface area contributed by atoms with Crippen LogP contribution >= 0.6 is 11.8 Å². The molecule has 2 fully saturated rings. The molecule has 2 N–H and O–H groups in total. The van der Waals surface area contributed by atoms with Crippen molar-refractivity contribution in [3.8, 4) is 0 Å². The lowest BCUT2D eigenvalue weighted by Crippen LogP contribution is -2.32. The Hall–Kier alpha value is -1.79. The Morgan fingerprint density at radius 2 is 1.92 bits per heavy atom. The van der Waals surface area contributed by atoms with Crippen LogP contribution in [0.2, 0.25) is 0 Å². The summed E-state index contributed by atoms with van der Waals surface area (Å²) in [7, 11) is 0. The molecule has 0 bridgehead atoms. The number of amides is 1. The molecule has 1 aromatic carbocycles. The molecule has 1 aromatic heterocycles. The number of hydrogen-bond acceptors (Lipinski definition) is 4. The highest BCUT2D eigenvalue weighted by Gasteiger charge is 2.18. The molecular formula is C20H26N4OS. The number of carbonyl (C=O) groups excluding carboxylic acids is 1. The van der Waals surface area contributed by atoms with E-state index in [4.69, 9.17) is 0 Å². The molecule has 0 spiro atoms. The van der Waals surface area contributed by atoms with Crippen LogP contribution in [0, 0.1) is 0 Å². The standard InChI is InChI=1S/C20H26N4OS/c25-20(19-11-13-24(23-19)16-4-3-12-21-14-16)22-15-7-9-18(10-8-15)26-17-5-1-2-6-17/h7-11,13,16-17,21H,1-6,12,14H2,(H,22,25). The van der Waals surface area contributed by atoms with Crippen molar-refractivity contribution in [1.82, 2.24) is 15.1 Å². The fourth-order valence-electron chi connectivity index (χ4n) is 3.73. The largest absolute Gasteiger partial charge is 0.321 e. The molecular weight excluding hydrogens is 344 g/mol. The van der Waals surface area contributed by atoms with E-state index in [0.717, 1.165) is 36.9 Å². The molecule has 5 nitrogen and oxygen atoms in total. The first-order valence-electron chi connectivity index (χ1n) is 9.62. The molecule has 2 aliphatic rings. The minimum absolute atomic E-state index is 0.149. The van der Waals surface area contributed by atoms with Crippen LogP contribution < -0.4 is 10.6 Å². The van der Waals surface area contributed by atoms with Crippen molar-refractivity contribution in [2.45, 2.75) is 54.7 Å². The first-order valence-corrected chi connectivity index (χ1v) is 10.5. The van der Waals surface area contributed by atoms with Gasteiger partial charge in [0.1, 0.15) is 0 Å². The Morgan fingerprint density at radius 3 is 2.65 bits per heavy atom. The van der Waals surface area contributed by atoms with E-state index in [9.17, 15) is 4.79 Å². The van der Waals surface area contributed by atoms with Gasteiger partial charge in [-0.15, -0.1) is 11.8 Å². The Labute approximate surface area is 158 Å². The van der Waals surface area contributed by atoms with E-state index >= 15 is 0 Å². The molecule has 138 valence electrons. The normalized spacial score (nSPS) is 21.0. The summed E-state index contributed by atoms with van der Waals surface area (Å²) in [6.07, 6.45) is 9.52. The SMILES string of the molecule is O=C(Nc1ccc(SC2CCCC2)cc1)c1ccn(C2CCCNC2)n1. The van der Waals surface area contributed by atoms with Crippen molar-refractivity contribution >= 4 is 23.4 Å². The first-order chi connectivity index (χ1) is 12.8. The van der Waals surface area contributed by atoms with E-state index in [1.807, 2.05) is 34.8 Å². The van der Waals surface area contributed by atoms with Crippen LogP contribution in [0.15, 0.2) is 41.4 Å². The number of carbonyl (C=O) groups is 1. The zero-order valence-electron chi connectivity index (χ0n) is 15.0. The molecule has 1 amide bonds. The van der Waals surface area contributed by atoms with Crippen LogP contribution in [-0.4, -0.2) is 34.0 Å². The van der Waals surface area contributed by atoms with Crippen molar-refractivity contribution in [2.24, 2.45) is 0 Å². The van der Waals surface area contributed by atoms with Gasteiger partial charge in [-0.25, -0.2) is 0 Å². The molecule has 1 saturated heterocycles. The predicted molar refractivity (Wildman–Crippen MR) is 106 cm³/mol. The number of piperidine rings is 1. The molecule has 1 atom stereocenters. The van der Waals surface area contributed by atoms with Gasteiger partial charge in [0.25, 0.3) is 5.91 Å². The second-order valence-corrected chi connectivity index (χ2v) is 8.56. The quantitative estimate of drug-likeness (QED) is 0.832. The Balaban J connectivity index is 1.34. The van der Waals surface area contributed by atoms with Crippen LogP contribution in [0.25, 0.3) is 0 Å². The summed E-state index contributed by atoms with van der Waals surface area (Å²) in [6, 6.07) is 10.3. The average molecular weight is 371 g/mol. The van der Waals surface area contributed by atoms with Crippen LogP contribution in [-0.2, 0) is 0 Å². The van der Waals surface area contributed by atoms with Gasteiger partial charge in [-0.2, -0.15) is 5.10 Å². The van der Waals surface area contributed by atoms with Gasteiger partial charge in [0.05, 0.1) is 6.04 Å². The van der Waals surface area contributed by atoms with E-state index < -0.39 is 0 Å². The lowest BCUT2D eigenvalue weighted by molar-refractivity contribution is 0.102. The third-order valence-corrected chi connectivity index (χ3v) is 6.55. The van der Waals surface area contributed by atoms with Gasteiger partial charge in [0.15, 0.2) is 5.69 Å². The maximum absolute atomic E-state index is 12.5. The van der Waals surface area contributed by atoms with E-state index in [0.29, 0.717) is 11.7 Å². The lowest BCUT2D eigenvalue weighted by Gasteiger charge is -2.22. The van der Waals surface area contributed by atoms with Gasteiger partial charge < -0.3 is 10.6 Å². The predicted octanol–water partition coefficient (Wildman–Crippen LogP) is 4.09. The van der Waals surface area contributed by atoms with Crippen molar-refractivity contribution in [3.63, 3.8) is 0 Å². The lowest BCUT2D eigenvalue weighted by atomic mass is 10.1. The van der Waals surface area contributed by atoms with E-state index in [1.54, 1.807) is 6.07 Å². The van der Waals surface area contributed by atoms with Gasteiger partial charge in [0.2, 0.25) is 0 Å². The molecule has 1 unspecified atom stereocenters. The van der Waals surface area contributed by atoms with Crippen LogP contribution in [0.1, 0.15) is 55.1 Å². The highest BCUT2D eigenvalue weighted by atomic mass is 32.2. The Bertz CT molecular complexity index is 731. The summed E-state index contributed by atoms with van der Waals surface area (Å²) in [5.74, 6) is -0.149. The summed E-state index contributed by atoms with van der Waals surface area (Å²) in [5, 5.41) is 11.6. The number of benzene rings is 1. The highest BCUT2D eigenvalue weighted by molar-refractivity contribution is 8.00. The summed E-state index contributed by atoms with van der Waals surface area (Å²) in [6.45, 7) is 1.99. The summed E-state index contributed by atoms with van der Waals surface area (Å²) in [4.78, 5) is 13.7. The number of anilines is 1. The highest BCUT2D eigenvalue weighted by Crippen LogP contribution is 2.35. The molecule has 2 aromatic rings. The Kier molecular flexibility index (Phi) is 5.60. The minimum Gasteiger partial charge on any atom is -0.321 e. The van der Waals surface area contributed by atoms with Crippen molar-refractivity contribution in [1.29, 1.82) is 0 Å². The first kappa shape index (κ1) is 17.6. The third-order valence-electron chi connectivity index (χ3n) is 5.20. The summed E-state index contributed by atoms with van der Waals surface area (Å²) in [5.41, 5.74) is 1.29. The van der Waals surface area contributed by atoms with Crippen molar-refractivity contribution in [3.05, 3.63) is 42.2 Å². The van der Waals surface area contributed by atoms with Crippen LogP contribution in [0.5, 0.6) is 0 Å². The molecule has 1 aliphatic carbocycles. The number of nitrogens with one attached hydrogen (secondary N) is 2. The van der Waals surface area contributed by atoms with Crippen molar-refractivity contribution in [2.75, 3.05) is 18.4 Å². The van der Waals surface area contributed by atoms with Gasteiger partial charge >= 0.3 is 0 Å². The topological polar surface area (TPSA) is 59.0 Å². The van der Waals surface area contributed by atoms with E-state index in [2.05, 4.69) is 27.9 Å². The monoisotopic (exact) mass is 370 g/mol. The number of nitrogens with zero attached hydrogens (tertiary/aromatic N) is 2. The zero-order chi connectivity index (χ0) is 17.8. The second kappa shape index (κ2) is 8.27. The van der Waals surface area contributed by atoms with Crippen molar-refractivity contribution < 1.29 is 4.79 Å².